The van der Waals surface area contributed by atoms with Gasteiger partial charge in [0.1, 0.15) is 11.2 Å². The smallest absolute Gasteiger partial charge is 0.338 e. The summed E-state index contributed by atoms with van der Waals surface area (Å²) in [6.07, 6.45) is 0.941. The van der Waals surface area contributed by atoms with Crippen molar-refractivity contribution in [3.05, 3.63) is 35.4 Å². The van der Waals surface area contributed by atoms with Crippen molar-refractivity contribution in [3.63, 3.8) is 0 Å². The van der Waals surface area contributed by atoms with Gasteiger partial charge < -0.3 is 19.3 Å². The molecule has 26 heavy (non-hydrogen) atoms. The maximum atomic E-state index is 12.3. The summed E-state index contributed by atoms with van der Waals surface area (Å²) in [5.41, 5.74) is -0.699. The molecule has 0 radical (unpaired) electrons. The van der Waals surface area contributed by atoms with Crippen LogP contribution >= 0.6 is 0 Å². The van der Waals surface area contributed by atoms with Crippen molar-refractivity contribution in [2.75, 3.05) is 19.8 Å². The van der Waals surface area contributed by atoms with Gasteiger partial charge in [0.25, 0.3) is 0 Å². The van der Waals surface area contributed by atoms with Crippen molar-refractivity contribution in [1.82, 2.24) is 0 Å². The zero-order valence-corrected chi connectivity index (χ0v) is 16.3. The van der Waals surface area contributed by atoms with Crippen LogP contribution < -0.4 is 0 Å². The quantitative estimate of drug-likeness (QED) is 0.505. The molecule has 146 valence electrons. The lowest BCUT2D eigenvalue weighted by molar-refractivity contribution is -0.0171. The van der Waals surface area contributed by atoms with Crippen LogP contribution in [0.5, 0.6) is 0 Å². The van der Waals surface area contributed by atoms with Crippen molar-refractivity contribution >= 4 is 11.9 Å². The van der Waals surface area contributed by atoms with E-state index in [0.29, 0.717) is 37.2 Å². The number of aliphatic hydroxyl groups excluding tert-OH is 1. The lowest BCUT2D eigenvalue weighted by Gasteiger charge is -2.25. The Morgan fingerprint density at radius 3 is 1.69 bits per heavy atom. The van der Waals surface area contributed by atoms with Crippen LogP contribution in [0, 0.1) is 0 Å². The predicted molar refractivity (Wildman–Crippen MR) is 98.2 cm³/mol. The SMILES string of the molecule is CCOCCC(C)(C)OC(=O)c1ccc(C(=O)OC(C)(C)CCO)cc1. The summed E-state index contributed by atoms with van der Waals surface area (Å²) < 4.78 is 16.2. The molecule has 0 spiro atoms. The number of esters is 2. The van der Waals surface area contributed by atoms with E-state index >= 15 is 0 Å². The first-order valence-electron chi connectivity index (χ1n) is 8.85. The van der Waals surface area contributed by atoms with Gasteiger partial charge in [0.2, 0.25) is 0 Å². The van der Waals surface area contributed by atoms with Crippen LogP contribution in [-0.2, 0) is 14.2 Å². The molecule has 1 aromatic carbocycles. The van der Waals surface area contributed by atoms with Crippen LogP contribution in [-0.4, -0.2) is 48.1 Å². The minimum absolute atomic E-state index is 0.0653. The number of carbonyl (C=O) groups excluding carboxylic acids is 2. The third-order valence-electron chi connectivity index (χ3n) is 3.86. The van der Waals surface area contributed by atoms with E-state index < -0.39 is 23.1 Å². The Balaban J connectivity index is 2.68. The Morgan fingerprint density at radius 1 is 0.885 bits per heavy atom. The molecule has 0 amide bonds. The first-order chi connectivity index (χ1) is 12.1. The van der Waals surface area contributed by atoms with Gasteiger partial charge in [-0.1, -0.05) is 0 Å². The second-order valence-corrected chi connectivity index (χ2v) is 7.30. The molecule has 0 aliphatic carbocycles. The molecule has 0 atom stereocenters. The Kier molecular flexibility index (Phi) is 8.24. The Morgan fingerprint density at radius 2 is 1.31 bits per heavy atom. The maximum Gasteiger partial charge on any atom is 0.338 e. The van der Waals surface area contributed by atoms with Gasteiger partial charge in [-0.25, -0.2) is 9.59 Å². The third-order valence-corrected chi connectivity index (χ3v) is 3.86. The van der Waals surface area contributed by atoms with E-state index in [4.69, 9.17) is 19.3 Å². The fourth-order valence-electron chi connectivity index (χ4n) is 2.20. The normalized spacial score (nSPS) is 11.9. The van der Waals surface area contributed by atoms with E-state index in [0.717, 1.165) is 0 Å². The summed E-state index contributed by atoms with van der Waals surface area (Å²) in [7, 11) is 0. The number of carbonyl (C=O) groups is 2. The fraction of sp³-hybridized carbons (Fsp3) is 0.600. The van der Waals surface area contributed by atoms with Gasteiger partial charge in [-0.05, 0) is 58.9 Å². The number of aliphatic hydroxyl groups is 1. The summed E-state index contributed by atoms with van der Waals surface area (Å²) in [5.74, 6) is -0.951. The van der Waals surface area contributed by atoms with E-state index in [1.54, 1.807) is 13.8 Å². The second kappa shape index (κ2) is 9.69. The molecule has 1 rings (SSSR count). The molecule has 0 aliphatic heterocycles. The van der Waals surface area contributed by atoms with Crippen molar-refractivity contribution in [3.8, 4) is 0 Å². The number of hydrogen-bond donors (Lipinski definition) is 1. The van der Waals surface area contributed by atoms with Gasteiger partial charge in [0.15, 0.2) is 0 Å². The van der Waals surface area contributed by atoms with Crippen LogP contribution in [0.25, 0.3) is 0 Å². The van der Waals surface area contributed by atoms with Crippen LogP contribution in [0.1, 0.15) is 68.2 Å². The number of ether oxygens (including phenoxy) is 3. The first-order valence-corrected chi connectivity index (χ1v) is 8.85. The third kappa shape index (κ3) is 7.54. The highest BCUT2D eigenvalue weighted by molar-refractivity contribution is 5.93. The van der Waals surface area contributed by atoms with Crippen molar-refractivity contribution < 1.29 is 28.9 Å². The van der Waals surface area contributed by atoms with Crippen molar-refractivity contribution in [2.45, 2.75) is 58.7 Å². The zero-order valence-electron chi connectivity index (χ0n) is 16.3. The topological polar surface area (TPSA) is 82.1 Å². The largest absolute Gasteiger partial charge is 0.456 e. The highest BCUT2D eigenvalue weighted by atomic mass is 16.6. The Bertz CT molecular complexity index is 589. The van der Waals surface area contributed by atoms with Crippen LogP contribution in [0.2, 0.25) is 0 Å². The molecule has 0 fully saturated rings. The molecule has 6 nitrogen and oxygen atoms in total. The number of rotatable bonds is 10. The summed E-state index contributed by atoms with van der Waals surface area (Å²) >= 11 is 0. The van der Waals surface area contributed by atoms with Crippen molar-refractivity contribution in [2.24, 2.45) is 0 Å². The van der Waals surface area contributed by atoms with Gasteiger partial charge in [0, 0.05) is 26.1 Å². The van der Waals surface area contributed by atoms with Gasteiger partial charge in [-0.2, -0.15) is 0 Å². The molecule has 6 heteroatoms. The average Bonchev–Trinajstić information content (AvgIpc) is 2.54. The molecule has 0 aromatic heterocycles. The van der Waals surface area contributed by atoms with Gasteiger partial charge in [0.05, 0.1) is 17.7 Å². The average molecular weight is 366 g/mol. The molecule has 1 aromatic rings. The van der Waals surface area contributed by atoms with E-state index in [1.807, 2.05) is 20.8 Å². The molecule has 0 aliphatic rings. The highest BCUT2D eigenvalue weighted by Gasteiger charge is 2.25. The highest BCUT2D eigenvalue weighted by Crippen LogP contribution is 2.19. The lowest BCUT2D eigenvalue weighted by atomic mass is 10.0. The molecule has 0 heterocycles. The molecule has 0 saturated carbocycles. The van der Waals surface area contributed by atoms with E-state index in [2.05, 4.69) is 0 Å². The molecule has 1 N–H and O–H groups in total. The summed E-state index contributed by atoms with van der Waals surface area (Å²) in [6, 6.07) is 6.13. The molecule has 0 saturated heterocycles. The fourth-order valence-corrected chi connectivity index (χ4v) is 2.20. The van der Waals surface area contributed by atoms with E-state index in [1.165, 1.54) is 24.3 Å². The van der Waals surface area contributed by atoms with E-state index in [9.17, 15) is 9.59 Å². The minimum atomic E-state index is -0.756. The summed E-state index contributed by atoms with van der Waals surface area (Å²) in [6.45, 7) is 10.1. The Labute approximate surface area is 155 Å². The van der Waals surface area contributed by atoms with Gasteiger partial charge in [-0.3, -0.25) is 0 Å². The first kappa shape index (κ1) is 22.1. The molecular weight excluding hydrogens is 336 g/mol. The Hall–Kier alpha value is -1.92. The summed E-state index contributed by atoms with van der Waals surface area (Å²) in [5, 5.41) is 8.99. The van der Waals surface area contributed by atoms with E-state index in [-0.39, 0.29) is 6.61 Å². The molecule has 0 bridgehead atoms. The number of benzene rings is 1. The monoisotopic (exact) mass is 366 g/mol. The standard InChI is InChI=1S/C20H30O6/c1-6-24-14-12-20(4,5)26-18(23)16-9-7-15(8-10-16)17(22)25-19(2,3)11-13-21/h7-10,21H,6,11-14H2,1-5H3. The maximum absolute atomic E-state index is 12.3. The lowest BCUT2D eigenvalue weighted by Crippen LogP contribution is -2.30. The number of hydrogen-bond acceptors (Lipinski definition) is 6. The van der Waals surface area contributed by atoms with Gasteiger partial charge in [-0.15, -0.1) is 0 Å². The molecule has 0 unspecified atom stereocenters. The van der Waals surface area contributed by atoms with Crippen LogP contribution in [0.15, 0.2) is 24.3 Å². The van der Waals surface area contributed by atoms with Crippen LogP contribution in [0.4, 0.5) is 0 Å². The molecular formula is C20H30O6. The van der Waals surface area contributed by atoms with Gasteiger partial charge >= 0.3 is 11.9 Å². The summed E-state index contributed by atoms with van der Waals surface area (Å²) in [4.78, 5) is 24.4. The van der Waals surface area contributed by atoms with Crippen molar-refractivity contribution in [1.29, 1.82) is 0 Å². The zero-order chi connectivity index (χ0) is 19.8. The second-order valence-electron chi connectivity index (χ2n) is 7.30. The minimum Gasteiger partial charge on any atom is -0.456 e. The predicted octanol–water partition coefficient (Wildman–Crippen LogP) is 3.37. The van der Waals surface area contributed by atoms with Crippen LogP contribution in [0.3, 0.4) is 0 Å².